The molecule has 0 unspecified atom stereocenters. The second kappa shape index (κ2) is 6.39. The standard InChI is InChI=1S/C12H16NO4S/c1-3-4-9-17-11-8-6-5-7-10(11)12(14)13-18(2,15)16/h5-8H,3-4,9H2,1-2H3. The number of hydrogen-bond donors (Lipinski definition) is 0. The second-order valence-corrected chi connectivity index (χ2v) is 5.48. The summed E-state index contributed by atoms with van der Waals surface area (Å²) in [4.78, 5) is 11.7. The normalized spacial score (nSPS) is 11.0. The van der Waals surface area contributed by atoms with Crippen LogP contribution in [0.4, 0.5) is 0 Å². The molecule has 1 radical (unpaired) electrons. The van der Waals surface area contributed by atoms with Crippen molar-refractivity contribution in [1.82, 2.24) is 4.72 Å². The van der Waals surface area contributed by atoms with E-state index in [2.05, 4.69) is 4.72 Å². The first kappa shape index (κ1) is 14.5. The Bertz CT molecular complexity index is 511. The molecule has 0 atom stereocenters. The number of hydrogen-bond acceptors (Lipinski definition) is 4. The summed E-state index contributed by atoms with van der Waals surface area (Å²) in [6.45, 7) is 2.51. The van der Waals surface area contributed by atoms with Crippen LogP contribution in [0.2, 0.25) is 0 Å². The number of ether oxygens (including phenoxy) is 1. The van der Waals surface area contributed by atoms with E-state index < -0.39 is 15.9 Å². The van der Waals surface area contributed by atoms with Crippen LogP contribution in [0.15, 0.2) is 24.3 Å². The van der Waals surface area contributed by atoms with Gasteiger partial charge in [0, 0.05) is 0 Å². The van der Waals surface area contributed by atoms with Crippen molar-refractivity contribution in [3.05, 3.63) is 29.8 Å². The van der Waals surface area contributed by atoms with E-state index in [1.165, 1.54) is 6.07 Å². The van der Waals surface area contributed by atoms with E-state index in [-0.39, 0.29) is 5.56 Å². The smallest absolute Gasteiger partial charge is 0.291 e. The lowest BCUT2D eigenvalue weighted by molar-refractivity contribution is 0.0974. The molecule has 0 saturated carbocycles. The number of nitrogens with zero attached hydrogens (tertiary/aromatic N) is 1. The minimum atomic E-state index is -3.69. The van der Waals surface area contributed by atoms with Crippen LogP contribution < -0.4 is 9.46 Å². The molecule has 18 heavy (non-hydrogen) atoms. The van der Waals surface area contributed by atoms with Crippen LogP contribution in [-0.4, -0.2) is 27.2 Å². The number of benzene rings is 1. The van der Waals surface area contributed by atoms with Gasteiger partial charge in [0.1, 0.15) is 5.75 Å². The summed E-state index contributed by atoms with van der Waals surface area (Å²) in [7, 11) is -3.69. The number of carbonyl (C=O) groups excluding carboxylic acids is 1. The highest BCUT2D eigenvalue weighted by molar-refractivity contribution is 7.89. The molecule has 0 bridgehead atoms. The molecule has 0 N–H and O–H groups in total. The van der Waals surface area contributed by atoms with E-state index >= 15 is 0 Å². The van der Waals surface area contributed by atoms with Crippen LogP contribution in [0.5, 0.6) is 5.75 Å². The lowest BCUT2D eigenvalue weighted by atomic mass is 10.2. The molecule has 0 aliphatic carbocycles. The average molecular weight is 270 g/mol. The van der Waals surface area contributed by atoms with Crippen LogP contribution in [0.1, 0.15) is 30.1 Å². The van der Waals surface area contributed by atoms with Crippen molar-refractivity contribution in [3.63, 3.8) is 0 Å². The molecule has 6 heteroatoms. The van der Waals surface area contributed by atoms with Gasteiger partial charge in [-0.2, -0.15) is 0 Å². The lowest BCUT2D eigenvalue weighted by Crippen LogP contribution is -2.22. The number of sulfonamides is 1. The van der Waals surface area contributed by atoms with Gasteiger partial charge < -0.3 is 4.74 Å². The summed E-state index contributed by atoms with van der Waals surface area (Å²) in [5.74, 6) is -0.437. The Kier molecular flexibility index (Phi) is 5.15. The Morgan fingerprint density at radius 1 is 1.33 bits per heavy atom. The summed E-state index contributed by atoms with van der Waals surface area (Å²) in [6, 6.07) is 6.48. The third-order valence-electron chi connectivity index (χ3n) is 2.12. The van der Waals surface area contributed by atoms with Gasteiger partial charge in [0.15, 0.2) is 0 Å². The molecular formula is C12H16NO4S. The third kappa shape index (κ3) is 4.75. The van der Waals surface area contributed by atoms with Crippen molar-refractivity contribution in [1.29, 1.82) is 0 Å². The van der Waals surface area contributed by atoms with Crippen LogP contribution in [0, 0.1) is 0 Å². The molecular weight excluding hydrogens is 254 g/mol. The van der Waals surface area contributed by atoms with Crippen molar-refractivity contribution in [2.45, 2.75) is 19.8 Å². The Morgan fingerprint density at radius 3 is 2.61 bits per heavy atom. The van der Waals surface area contributed by atoms with Crippen molar-refractivity contribution in [3.8, 4) is 5.75 Å². The Labute approximate surface area is 107 Å². The Morgan fingerprint density at radius 2 is 2.00 bits per heavy atom. The maximum atomic E-state index is 11.7. The number of carbonyl (C=O) groups is 1. The zero-order valence-electron chi connectivity index (χ0n) is 10.4. The molecule has 5 nitrogen and oxygen atoms in total. The van der Waals surface area contributed by atoms with Gasteiger partial charge in [0.2, 0.25) is 0 Å². The van der Waals surface area contributed by atoms with Gasteiger partial charge in [0.25, 0.3) is 15.9 Å². The van der Waals surface area contributed by atoms with Crippen molar-refractivity contribution < 1.29 is 17.9 Å². The number of para-hydroxylation sites is 1. The van der Waals surface area contributed by atoms with Crippen LogP contribution in [-0.2, 0) is 10.0 Å². The zero-order chi connectivity index (χ0) is 13.6. The maximum Gasteiger partial charge on any atom is 0.291 e. The highest BCUT2D eigenvalue weighted by Crippen LogP contribution is 2.18. The third-order valence-corrected chi connectivity index (χ3v) is 2.62. The lowest BCUT2D eigenvalue weighted by Gasteiger charge is -2.09. The monoisotopic (exact) mass is 270 g/mol. The van der Waals surface area contributed by atoms with Crippen molar-refractivity contribution in [2.75, 3.05) is 12.9 Å². The molecule has 0 spiro atoms. The summed E-state index contributed by atoms with van der Waals surface area (Å²) in [5, 5.41) is 0. The van der Waals surface area contributed by atoms with Crippen LogP contribution in [0.3, 0.4) is 0 Å². The molecule has 1 aromatic carbocycles. The SMILES string of the molecule is CCCCOc1ccccc1C(=O)[N]S(C)(=O)=O. The quantitative estimate of drug-likeness (QED) is 0.735. The first-order valence-corrected chi connectivity index (χ1v) is 7.48. The Hall–Kier alpha value is -1.56. The molecule has 0 aromatic heterocycles. The van der Waals surface area contributed by atoms with Crippen molar-refractivity contribution >= 4 is 15.9 Å². The number of rotatable bonds is 6. The fourth-order valence-electron chi connectivity index (χ4n) is 1.30. The van der Waals surface area contributed by atoms with Crippen LogP contribution >= 0.6 is 0 Å². The van der Waals surface area contributed by atoms with E-state index in [0.717, 1.165) is 19.1 Å². The summed E-state index contributed by atoms with van der Waals surface area (Å²) >= 11 is 0. The van der Waals surface area contributed by atoms with Gasteiger partial charge in [0.05, 0.1) is 18.4 Å². The van der Waals surface area contributed by atoms with Gasteiger partial charge in [-0.3, -0.25) is 4.79 Å². The largest absolute Gasteiger partial charge is 0.493 e. The molecule has 0 fully saturated rings. The van der Waals surface area contributed by atoms with Gasteiger partial charge in [-0.1, -0.05) is 25.5 Å². The molecule has 1 aromatic rings. The molecule has 1 rings (SSSR count). The average Bonchev–Trinajstić information content (AvgIpc) is 2.27. The number of amides is 1. The van der Waals surface area contributed by atoms with Gasteiger partial charge in [-0.15, -0.1) is 4.72 Å². The van der Waals surface area contributed by atoms with Crippen molar-refractivity contribution in [2.24, 2.45) is 0 Å². The van der Waals surface area contributed by atoms with Gasteiger partial charge >= 0.3 is 0 Å². The molecule has 0 aliphatic heterocycles. The van der Waals surface area contributed by atoms with Gasteiger partial charge in [-0.25, -0.2) is 8.42 Å². The predicted octanol–water partition coefficient (Wildman–Crippen LogP) is 1.57. The minimum absolute atomic E-state index is 0.166. The van der Waals surface area contributed by atoms with E-state index in [1.807, 2.05) is 6.92 Å². The number of unbranched alkanes of at least 4 members (excludes halogenated alkanes) is 1. The molecule has 0 saturated heterocycles. The first-order valence-electron chi connectivity index (χ1n) is 5.63. The summed E-state index contributed by atoms with van der Waals surface area (Å²) in [5.41, 5.74) is 0.166. The molecule has 99 valence electrons. The van der Waals surface area contributed by atoms with E-state index in [9.17, 15) is 13.2 Å². The fourth-order valence-corrected chi connectivity index (χ4v) is 1.69. The highest BCUT2D eigenvalue weighted by atomic mass is 32.2. The summed E-state index contributed by atoms with van der Waals surface area (Å²) in [6.07, 6.45) is 2.72. The minimum Gasteiger partial charge on any atom is -0.493 e. The van der Waals surface area contributed by atoms with Gasteiger partial charge in [-0.05, 0) is 18.6 Å². The predicted molar refractivity (Wildman–Crippen MR) is 68.2 cm³/mol. The zero-order valence-corrected chi connectivity index (χ0v) is 11.2. The first-order chi connectivity index (χ1) is 8.44. The van der Waals surface area contributed by atoms with E-state index in [1.54, 1.807) is 18.2 Å². The highest BCUT2D eigenvalue weighted by Gasteiger charge is 2.17. The van der Waals surface area contributed by atoms with E-state index in [0.29, 0.717) is 12.4 Å². The molecule has 0 heterocycles. The fraction of sp³-hybridized carbons (Fsp3) is 0.417. The molecule has 0 aliphatic rings. The van der Waals surface area contributed by atoms with Crippen LogP contribution in [0.25, 0.3) is 0 Å². The maximum absolute atomic E-state index is 11.7. The van der Waals surface area contributed by atoms with E-state index in [4.69, 9.17) is 4.74 Å². The second-order valence-electron chi connectivity index (χ2n) is 3.83. The summed E-state index contributed by atoms with van der Waals surface area (Å²) < 4.78 is 30.5. The topological polar surface area (TPSA) is 74.5 Å². The Balaban J connectivity index is 2.84. The molecule has 1 amide bonds.